The van der Waals surface area contributed by atoms with Crippen LogP contribution < -0.4 is 10.6 Å². The van der Waals surface area contributed by atoms with Crippen molar-refractivity contribution in [3.05, 3.63) is 0 Å². The van der Waals surface area contributed by atoms with Crippen LogP contribution in [0.1, 0.15) is 32.1 Å². The first kappa shape index (κ1) is 11.9. The SMILES string of the molecule is C1CCC([C@H]2NCC[C@@H]2CN2CCNCC2)C1. The molecule has 2 N–H and O–H groups in total. The molecular weight excluding hydrogens is 210 g/mol. The molecule has 0 aromatic rings. The molecule has 1 aliphatic carbocycles. The minimum absolute atomic E-state index is 0.840. The van der Waals surface area contributed by atoms with Crippen LogP contribution >= 0.6 is 0 Å². The fourth-order valence-corrected chi connectivity index (χ4v) is 4.08. The Balaban J connectivity index is 1.53. The van der Waals surface area contributed by atoms with Gasteiger partial charge in [-0.3, -0.25) is 0 Å². The van der Waals surface area contributed by atoms with Gasteiger partial charge in [0, 0.05) is 38.8 Å². The fraction of sp³-hybridized carbons (Fsp3) is 1.00. The van der Waals surface area contributed by atoms with Crippen molar-refractivity contribution < 1.29 is 0 Å². The first-order chi connectivity index (χ1) is 8.43. The second kappa shape index (κ2) is 5.68. The highest BCUT2D eigenvalue weighted by atomic mass is 15.2. The zero-order valence-corrected chi connectivity index (χ0v) is 11.0. The largest absolute Gasteiger partial charge is 0.314 e. The molecule has 0 unspecified atom stereocenters. The number of nitrogens with one attached hydrogen (secondary N) is 2. The van der Waals surface area contributed by atoms with E-state index < -0.39 is 0 Å². The third-order valence-electron chi connectivity index (χ3n) is 5.01. The molecule has 2 heterocycles. The average molecular weight is 237 g/mol. The van der Waals surface area contributed by atoms with Crippen LogP contribution in [0.5, 0.6) is 0 Å². The zero-order chi connectivity index (χ0) is 11.5. The van der Waals surface area contributed by atoms with Gasteiger partial charge in [0.2, 0.25) is 0 Å². The summed E-state index contributed by atoms with van der Waals surface area (Å²) in [5.74, 6) is 1.92. The molecule has 2 atom stereocenters. The summed E-state index contributed by atoms with van der Waals surface area (Å²) in [5.41, 5.74) is 0. The van der Waals surface area contributed by atoms with Crippen LogP contribution in [-0.2, 0) is 0 Å². The van der Waals surface area contributed by atoms with Crippen molar-refractivity contribution in [3.8, 4) is 0 Å². The molecule has 98 valence electrons. The van der Waals surface area contributed by atoms with Gasteiger partial charge in [0.25, 0.3) is 0 Å². The van der Waals surface area contributed by atoms with E-state index in [1.807, 2.05) is 0 Å². The zero-order valence-electron chi connectivity index (χ0n) is 11.0. The molecular formula is C14H27N3. The summed E-state index contributed by atoms with van der Waals surface area (Å²) in [6.45, 7) is 7.50. The Morgan fingerprint density at radius 2 is 1.71 bits per heavy atom. The first-order valence-electron chi connectivity index (χ1n) is 7.60. The lowest BCUT2D eigenvalue weighted by Crippen LogP contribution is -2.47. The topological polar surface area (TPSA) is 27.3 Å². The molecule has 0 amide bonds. The normalized spacial score (nSPS) is 36.7. The van der Waals surface area contributed by atoms with Crippen LogP contribution in [0.4, 0.5) is 0 Å². The summed E-state index contributed by atoms with van der Waals surface area (Å²) < 4.78 is 0. The van der Waals surface area contributed by atoms with E-state index in [1.54, 1.807) is 0 Å². The lowest BCUT2D eigenvalue weighted by molar-refractivity contribution is 0.181. The smallest absolute Gasteiger partial charge is 0.0136 e. The molecule has 2 aliphatic heterocycles. The van der Waals surface area contributed by atoms with Crippen LogP contribution in [0, 0.1) is 11.8 Å². The first-order valence-corrected chi connectivity index (χ1v) is 7.60. The van der Waals surface area contributed by atoms with Gasteiger partial charge in [0.1, 0.15) is 0 Å². The molecule has 2 saturated heterocycles. The number of hydrogen-bond acceptors (Lipinski definition) is 3. The lowest BCUT2D eigenvalue weighted by atomic mass is 9.88. The Labute approximate surface area is 105 Å². The highest BCUT2D eigenvalue weighted by molar-refractivity contribution is 4.92. The predicted octanol–water partition coefficient (Wildman–Crippen LogP) is 1.06. The van der Waals surface area contributed by atoms with E-state index in [4.69, 9.17) is 0 Å². The number of nitrogens with zero attached hydrogens (tertiary/aromatic N) is 1. The summed E-state index contributed by atoms with van der Waals surface area (Å²) in [7, 11) is 0. The third-order valence-corrected chi connectivity index (χ3v) is 5.01. The van der Waals surface area contributed by atoms with Gasteiger partial charge in [-0.25, -0.2) is 0 Å². The summed E-state index contributed by atoms with van der Waals surface area (Å²) in [4.78, 5) is 2.68. The monoisotopic (exact) mass is 237 g/mol. The van der Waals surface area contributed by atoms with Crippen LogP contribution in [-0.4, -0.2) is 50.2 Å². The number of rotatable bonds is 3. The molecule has 3 aliphatic rings. The van der Waals surface area contributed by atoms with Crippen LogP contribution in [0.25, 0.3) is 0 Å². The van der Waals surface area contributed by atoms with Gasteiger partial charge in [0.15, 0.2) is 0 Å². The summed E-state index contributed by atoms with van der Waals surface area (Å²) in [6, 6.07) is 0.840. The van der Waals surface area contributed by atoms with Crippen LogP contribution in [0.3, 0.4) is 0 Å². The highest BCUT2D eigenvalue weighted by Crippen LogP contribution is 2.34. The van der Waals surface area contributed by atoms with Crippen molar-refractivity contribution in [2.75, 3.05) is 39.3 Å². The van der Waals surface area contributed by atoms with Crippen molar-refractivity contribution in [2.45, 2.75) is 38.1 Å². The van der Waals surface area contributed by atoms with Crippen molar-refractivity contribution in [1.29, 1.82) is 0 Å². The minimum atomic E-state index is 0.840. The molecule has 3 heteroatoms. The molecule has 17 heavy (non-hydrogen) atoms. The summed E-state index contributed by atoms with van der Waals surface area (Å²) in [5, 5.41) is 7.24. The number of hydrogen-bond donors (Lipinski definition) is 2. The molecule has 1 saturated carbocycles. The van der Waals surface area contributed by atoms with Gasteiger partial charge < -0.3 is 15.5 Å². The Morgan fingerprint density at radius 3 is 2.47 bits per heavy atom. The second-order valence-electron chi connectivity index (χ2n) is 6.12. The van der Waals surface area contributed by atoms with E-state index in [0.717, 1.165) is 17.9 Å². The molecule has 0 aromatic carbocycles. The van der Waals surface area contributed by atoms with Gasteiger partial charge in [-0.05, 0) is 37.6 Å². The maximum Gasteiger partial charge on any atom is 0.0136 e. The maximum atomic E-state index is 3.80. The molecule has 0 aromatic heterocycles. The summed E-state index contributed by atoms with van der Waals surface area (Å²) >= 11 is 0. The Bertz CT molecular complexity index is 232. The van der Waals surface area contributed by atoms with Gasteiger partial charge in [-0.1, -0.05) is 12.8 Å². The molecule has 3 rings (SSSR count). The predicted molar refractivity (Wildman–Crippen MR) is 71.2 cm³/mol. The van der Waals surface area contributed by atoms with E-state index in [9.17, 15) is 0 Å². The lowest BCUT2D eigenvalue weighted by Gasteiger charge is -2.33. The van der Waals surface area contributed by atoms with E-state index in [1.165, 1.54) is 71.4 Å². The van der Waals surface area contributed by atoms with Gasteiger partial charge in [-0.15, -0.1) is 0 Å². The molecule has 0 radical (unpaired) electrons. The van der Waals surface area contributed by atoms with Gasteiger partial charge in [0.05, 0.1) is 0 Å². The standard InChI is InChI=1S/C14H27N3/c1-2-4-12(3-1)14-13(5-6-16-14)11-17-9-7-15-8-10-17/h12-16H,1-11H2/t13-,14-/m1/s1. The third kappa shape index (κ3) is 2.83. The Kier molecular flexibility index (Phi) is 3.99. The fourth-order valence-electron chi connectivity index (χ4n) is 4.08. The van der Waals surface area contributed by atoms with E-state index >= 15 is 0 Å². The second-order valence-corrected chi connectivity index (χ2v) is 6.12. The molecule has 0 bridgehead atoms. The van der Waals surface area contributed by atoms with Crippen molar-refractivity contribution in [3.63, 3.8) is 0 Å². The Hall–Kier alpha value is -0.120. The van der Waals surface area contributed by atoms with E-state index in [0.29, 0.717) is 0 Å². The number of piperazine rings is 1. The maximum absolute atomic E-state index is 3.80. The molecule has 3 fully saturated rings. The van der Waals surface area contributed by atoms with E-state index in [2.05, 4.69) is 15.5 Å². The minimum Gasteiger partial charge on any atom is -0.314 e. The van der Waals surface area contributed by atoms with Crippen molar-refractivity contribution in [2.24, 2.45) is 11.8 Å². The van der Waals surface area contributed by atoms with Crippen LogP contribution in [0.2, 0.25) is 0 Å². The van der Waals surface area contributed by atoms with Crippen LogP contribution in [0.15, 0.2) is 0 Å². The van der Waals surface area contributed by atoms with Gasteiger partial charge in [-0.2, -0.15) is 0 Å². The molecule has 0 spiro atoms. The summed E-state index contributed by atoms with van der Waals surface area (Å²) in [6.07, 6.45) is 7.32. The quantitative estimate of drug-likeness (QED) is 0.768. The van der Waals surface area contributed by atoms with E-state index in [-0.39, 0.29) is 0 Å². The Morgan fingerprint density at radius 1 is 0.941 bits per heavy atom. The van der Waals surface area contributed by atoms with Crippen molar-refractivity contribution in [1.82, 2.24) is 15.5 Å². The highest BCUT2D eigenvalue weighted by Gasteiger charge is 2.35. The van der Waals surface area contributed by atoms with Gasteiger partial charge >= 0.3 is 0 Å². The van der Waals surface area contributed by atoms with Crippen molar-refractivity contribution >= 4 is 0 Å². The molecule has 3 nitrogen and oxygen atoms in total. The average Bonchev–Trinajstić information content (AvgIpc) is 3.00.